The van der Waals surface area contributed by atoms with E-state index in [0.717, 1.165) is 0 Å². The van der Waals surface area contributed by atoms with E-state index in [4.69, 9.17) is 0 Å². The third-order valence-electron chi connectivity index (χ3n) is 7.42. The number of benzene rings is 6. The van der Waals surface area contributed by atoms with E-state index < -0.39 is 15.8 Å². The molecular formula is C44H42NiP2. The molecule has 0 unspecified atom stereocenters. The van der Waals surface area contributed by atoms with Crippen LogP contribution in [0.2, 0.25) is 0 Å². The fourth-order valence-electron chi connectivity index (χ4n) is 5.21. The van der Waals surface area contributed by atoms with Gasteiger partial charge < -0.3 is 0 Å². The van der Waals surface area contributed by atoms with Gasteiger partial charge >= 0.3 is 0 Å². The smallest absolute Gasteiger partial charge is 0 e. The van der Waals surface area contributed by atoms with E-state index in [1.165, 1.54) is 57.5 Å². The van der Waals surface area contributed by atoms with E-state index >= 15 is 0 Å². The molecule has 6 aromatic carbocycles. The second-order valence-corrected chi connectivity index (χ2v) is 15.2. The Morgan fingerprint density at radius 1 is 0.234 bits per heavy atom. The van der Waals surface area contributed by atoms with Gasteiger partial charge in [0.2, 0.25) is 0 Å². The summed E-state index contributed by atoms with van der Waals surface area (Å²) in [5.41, 5.74) is 0. The normalized spacial score (nSPS) is 12.6. The summed E-state index contributed by atoms with van der Waals surface area (Å²) < 4.78 is 0. The van der Waals surface area contributed by atoms with Crippen molar-refractivity contribution in [3.05, 3.63) is 206 Å². The molecule has 0 N–H and O–H groups in total. The molecule has 0 nitrogen and oxygen atoms in total. The molecule has 238 valence electrons. The SMILES string of the molecule is C1=CCC/C=C\CC1.[Ni].c1ccc(P(c2ccccc2)c2ccccc2)cc1.c1ccc(P(c2ccccc2)c2ccccc2)cc1. The summed E-state index contributed by atoms with van der Waals surface area (Å²) in [5, 5.41) is 8.39. The van der Waals surface area contributed by atoms with Crippen LogP contribution in [0.15, 0.2) is 206 Å². The van der Waals surface area contributed by atoms with Gasteiger partial charge in [-0.25, -0.2) is 0 Å². The van der Waals surface area contributed by atoms with Crippen LogP contribution in [0.5, 0.6) is 0 Å². The van der Waals surface area contributed by atoms with Gasteiger partial charge in [-0.1, -0.05) is 206 Å². The number of rotatable bonds is 6. The van der Waals surface area contributed by atoms with Crippen molar-refractivity contribution in [3.63, 3.8) is 0 Å². The third kappa shape index (κ3) is 11.7. The molecule has 0 bridgehead atoms. The van der Waals surface area contributed by atoms with Gasteiger partial charge in [0.05, 0.1) is 0 Å². The molecule has 0 aromatic heterocycles. The zero-order valence-electron chi connectivity index (χ0n) is 26.7. The molecule has 0 fully saturated rings. The molecule has 0 atom stereocenters. The zero-order chi connectivity index (χ0) is 31.5. The summed E-state index contributed by atoms with van der Waals surface area (Å²) >= 11 is 0. The van der Waals surface area contributed by atoms with Gasteiger partial charge in [-0.15, -0.1) is 0 Å². The Morgan fingerprint density at radius 3 is 0.532 bits per heavy atom. The largest absolute Gasteiger partial charge is 0.0882 e. The molecular weight excluding hydrogens is 649 g/mol. The summed E-state index contributed by atoms with van der Waals surface area (Å²) in [6.45, 7) is 0. The van der Waals surface area contributed by atoms with Gasteiger partial charge in [-0.05, 0) is 73.4 Å². The molecule has 7 rings (SSSR count). The first-order valence-corrected chi connectivity index (χ1v) is 18.8. The molecule has 1 aliphatic rings. The zero-order valence-corrected chi connectivity index (χ0v) is 29.4. The van der Waals surface area contributed by atoms with Crippen LogP contribution in [-0.2, 0) is 16.5 Å². The average molecular weight is 691 g/mol. The molecule has 1 aliphatic carbocycles. The number of allylic oxidation sites excluding steroid dienone is 4. The van der Waals surface area contributed by atoms with Crippen LogP contribution in [-0.4, -0.2) is 0 Å². The Morgan fingerprint density at radius 2 is 0.383 bits per heavy atom. The van der Waals surface area contributed by atoms with Crippen molar-refractivity contribution in [2.75, 3.05) is 0 Å². The van der Waals surface area contributed by atoms with Crippen molar-refractivity contribution in [1.29, 1.82) is 0 Å². The van der Waals surface area contributed by atoms with Gasteiger partial charge in [0.1, 0.15) is 0 Å². The van der Waals surface area contributed by atoms with Gasteiger partial charge in [-0.2, -0.15) is 0 Å². The van der Waals surface area contributed by atoms with Gasteiger partial charge in [-0.3, -0.25) is 0 Å². The first kappa shape index (κ1) is 36.0. The summed E-state index contributed by atoms with van der Waals surface area (Å²) in [4.78, 5) is 0. The molecule has 0 heterocycles. The van der Waals surface area contributed by atoms with E-state index in [2.05, 4.69) is 206 Å². The van der Waals surface area contributed by atoms with Gasteiger partial charge in [0, 0.05) is 16.5 Å². The maximum absolute atomic E-state index is 2.27. The van der Waals surface area contributed by atoms with Crippen LogP contribution in [0.1, 0.15) is 25.7 Å². The molecule has 0 aliphatic heterocycles. The maximum atomic E-state index is 2.27. The predicted octanol–water partition coefficient (Wildman–Crippen LogP) is 9.56. The van der Waals surface area contributed by atoms with Crippen molar-refractivity contribution in [3.8, 4) is 0 Å². The Kier molecular flexibility index (Phi) is 16.2. The van der Waals surface area contributed by atoms with Crippen molar-refractivity contribution in [1.82, 2.24) is 0 Å². The maximum Gasteiger partial charge on any atom is 0 e. The number of hydrogen-bond donors (Lipinski definition) is 0. The molecule has 0 saturated heterocycles. The van der Waals surface area contributed by atoms with Crippen LogP contribution in [0.4, 0.5) is 0 Å². The molecule has 6 aromatic rings. The minimum absolute atomic E-state index is 0. The van der Waals surface area contributed by atoms with Gasteiger partial charge in [0.25, 0.3) is 0 Å². The molecule has 0 saturated carbocycles. The topological polar surface area (TPSA) is 0 Å². The Bertz CT molecular complexity index is 1380. The fourth-order valence-corrected chi connectivity index (χ4v) is 9.82. The van der Waals surface area contributed by atoms with E-state index in [0.29, 0.717) is 0 Å². The summed E-state index contributed by atoms with van der Waals surface area (Å²) in [6, 6.07) is 64.7. The van der Waals surface area contributed by atoms with Crippen LogP contribution in [0.3, 0.4) is 0 Å². The second-order valence-electron chi connectivity index (χ2n) is 10.8. The van der Waals surface area contributed by atoms with E-state index in [-0.39, 0.29) is 16.5 Å². The monoisotopic (exact) mass is 690 g/mol. The molecule has 3 heteroatoms. The Balaban J connectivity index is 0.000000171. The quantitative estimate of drug-likeness (QED) is 0.0928. The van der Waals surface area contributed by atoms with E-state index in [9.17, 15) is 0 Å². The minimum Gasteiger partial charge on any atom is -0.0882 e. The van der Waals surface area contributed by atoms with Crippen molar-refractivity contribution < 1.29 is 16.5 Å². The molecule has 0 radical (unpaired) electrons. The van der Waals surface area contributed by atoms with Crippen LogP contribution < -0.4 is 31.8 Å². The predicted molar refractivity (Wildman–Crippen MR) is 207 cm³/mol. The van der Waals surface area contributed by atoms with E-state index in [1.54, 1.807) is 0 Å². The Labute approximate surface area is 294 Å². The van der Waals surface area contributed by atoms with Crippen LogP contribution in [0, 0.1) is 0 Å². The summed E-state index contributed by atoms with van der Waals surface area (Å²) in [5.74, 6) is 0. The van der Waals surface area contributed by atoms with Crippen molar-refractivity contribution in [2.24, 2.45) is 0 Å². The standard InChI is InChI=1S/2C18H15P.C8H12.Ni/c2*1-4-10-16(11-5-1)19(17-12-6-2-7-13-17)18-14-8-3-9-15-18;1-2-4-6-8-7-5-3-1;/h2*1-15H;1-2,7-8H,3-6H2;/b;;2-1-,8-7?;. The molecule has 47 heavy (non-hydrogen) atoms. The second kappa shape index (κ2) is 21.1. The minimum atomic E-state index is -0.446. The average Bonchev–Trinajstić information content (AvgIpc) is 3.12. The van der Waals surface area contributed by atoms with Gasteiger partial charge in [0.15, 0.2) is 0 Å². The fraction of sp³-hybridized carbons (Fsp3) is 0.0909. The first-order chi connectivity index (χ1) is 22.9. The molecule has 0 amide bonds. The van der Waals surface area contributed by atoms with Crippen LogP contribution >= 0.6 is 15.8 Å². The third-order valence-corrected chi connectivity index (χ3v) is 12.3. The van der Waals surface area contributed by atoms with Crippen molar-refractivity contribution in [2.45, 2.75) is 25.7 Å². The summed E-state index contributed by atoms with van der Waals surface area (Å²) in [6.07, 6.45) is 14.0. The first-order valence-electron chi connectivity index (χ1n) is 16.1. The Hall–Kier alpha value is -3.85. The van der Waals surface area contributed by atoms with E-state index in [1.807, 2.05) is 0 Å². The summed E-state index contributed by atoms with van der Waals surface area (Å²) in [7, 11) is -0.892. The van der Waals surface area contributed by atoms with Crippen molar-refractivity contribution >= 4 is 47.7 Å². The van der Waals surface area contributed by atoms with Crippen LogP contribution in [0.25, 0.3) is 0 Å². The number of hydrogen-bond acceptors (Lipinski definition) is 0. The molecule has 0 spiro atoms.